The van der Waals surface area contributed by atoms with Crippen molar-refractivity contribution in [3.05, 3.63) is 64.1 Å². The monoisotopic (exact) mass is 341 g/mol. The fourth-order valence-electron chi connectivity index (χ4n) is 2.98. The van der Waals surface area contributed by atoms with E-state index >= 15 is 0 Å². The third-order valence-electron chi connectivity index (χ3n) is 4.45. The van der Waals surface area contributed by atoms with Crippen LogP contribution in [0.3, 0.4) is 0 Å². The van der Waals surface area contributed by atoms with Gasteiger partial charge in [0.2, 0.25) is 0 Å². The van der Waals surface area contributed by atoms with E-state index in [0.29, 0.717) is 12.8 Å². The Bertz CT molecular complexity index is 841. The topological polar surface area (TPSA) is 101 Å². The molecule has 2 aromatic rings. The van der Waals surface area contributed by atoms with Gasteiger partial charge in [-0.1, -0.05) is 30.3 Å². The summed E-state index contributed by atoms with van der Waals surface area (Å²) in [5.41, 5.74) is -0.00200. The van der Waals surface area contributed by atoms with Gasteiger partial charge in [0.15, 0.2) is 0 Å². The third kappa shape index (κ3) is 3.93. The Balaban J connectivity index is 1.78. The van der Waals surface area contributed by atoms with Crippen LogP contribution in [-0.4, -0.2) is 32.3 Å². The van der Waals surface area contributed by atoms with Gasteiger partial charge in [-0.05, 0) is 30.9 Å². The molecule has 1 heterocycles. The van der Waals surface area contributed by atoms with E-state index in [0.717, 1.165) is 12.0 Å². The third-order valence-corrected chi connectivity index (χ3v) is 4.45. The lowest BCUT2D eigenvalue weighted by molar-refractivity contribution is -0.139. The minimum absolute atomic E-state index is 0.104. The Morgan fingerprint density at radius 1 is 1.16 bits per heavy atom. The van der Waals surface area contributed by atoms with Crippen LogP contribution >= 0.6 is 0 Å². The van der Waals surface area contributed by atoms with E-state index in [2.05, 4.69) is 10.4 Å². The van der Waals surface area contributed by atoms with Gasteiger partial charge in [-0.2, -0.15) is 5.10 Å². The van der Waals surface area contributed by atoms with Crippen molar-refractivity contribution in [2.45, 2.75) is 37.8 Å². The summed E-state index contributed by atoms with van der Waals surface area (Å²) in [6.45, 7) is 0.265. The predicted molar refractivity (Wildman–Crippen MR) is 90.3 cm³/mol. The summed E-state index contributed by atoms with van der Waals surface area (Å²) >= 11 is 0. The molecule has 2 N–H and O–H groups in total. The summed E-state index contributed by atoms with van der Waals surface area (Å²) in [6.07, 6.45) is 2.04. The summed E-state index contributed by atoms with van der Waals surface area (Å²) < 4.78 is 1.23. The molecule has 1 aliphatic carbocycles. The first-order valence-electron chi connectivity index (χ1n) is 8.14. The highest BCUT2D eigenvalue weighted by Crippen LogP contribution is 2.35. The number of benzene rings is 1. The molecule has 1 fully saturated rings. The van der Waals surface area contributed by atoms with E-state index in [1.807, 2.05) is 30.3 Å². The molecule has 0 bridgehead atoms. The minimum Gasteiger partial charge on any atom is -0.481 e. The van der Waals surface area contributed by atoms with E-state index in [1.54, 1.807) is 0 Å². The number of hydrogen-bond acceptors (Lipinski definition) is 4. The van der Waals surface area contributed by atoms with Crippen molar-refractivity contribution in [1.82, 2.24) is 15.1 Å². The number of carbonyl (C=O) groups is 2. The maximum absolute atomic E-state index is 12.5. The van der Waals surface area contributed by atoms with Gasteiger partial charge in [-0.3, -0.25) is 14.4 Å². The summed E-state index contributed by atoms with van der Waals surface area (Å²) in [7, 11) is 0. The number of nitrogens with zero attached hydrogens (tertiary/aromatic N) is 2. The number of carboxylic acids is 1. The van der Waals surface area contributed by atoms with E-state index in [1.165, 1.54) is 16.8 Å². The second-order valence-corrected chi connectivity index (χ2v) is 6.36. The van der Waals surface area contributed by atoms with E-state index < -0.39 is 17.4 Å². The zero-order valence-corrected chi connectivity index (χ0v) is 13.6. The maximum atomic E-state index is 12.5. The van der Waals surface area contributed by atoms with Crippen LogP contribution in [-0.2, 0) is 11.3 Å². The Morgan fingerprint density at radius 2 is 1.88 bits per heavy atom. The van der Waals surface area contributed by atoms with Gasteiger partial charge in [0, 0.05) is 6.07 Å². The maximum Gasteiger partial charge on any atom is 0.305 e. The molecule has 7 nitrogen and oxygen atoms in total. The van der Waals surface area contributed by atoms with E-state index in [9.17, 15) is 14.4 Å². The average Bonchev–Trinajstić information content (AvgIpc) is 2.55. The second-order valence-electron chi connectivity index (χ2n) is 6.36. The fourth-order valence-corrected chi connectivity index (χ4v) is 2.98. The molecule has 1 amide bonds. The molecule has 1 saturated carbocycles. The molecule has 0 unspecified atom stereocenters. The fraction of sp³-hybridized carbons (Fsp3) is 0.333. The number of carbonyl (C=O) groups excluding carboxylic acids is 1. The van der Waals surface area contributed by atoms with Crippen LogP contribution in [0.25, 0.3) is 0 Å². The summed E-state index contributed by atoms with van der Waals surface area (Å²) in [6, 6.07) is 12.0. The van der Waals surface area contributed by atoms with Crippen molar-refractivity contribution in [1.29, 1.82) is 0 Å². The number of hydrogen-bond donors (Lipinski definition) is 2. The molecule has 0 aliphatic heterocycles. The van der Waals surface area contributed by atoms with E-state index in [-0.39, 0.29) is 24.2 Å². The normalized spacial score (nSPS) is 15.2. The smallest absolute Gasteiger partial charge is 0.305 e. The number of carboxylic acid groups (broad SMARTS) is 1. The molecule has 1 aromatic heterocycles. The van der Waals surface area contributed by atoms with Crippen molar-refractivity contribution < 1.29 is 14.7 Å². The predicted octanol–water partition coefficient (Wildman–Crippen LogP) is 1.42. The highest BCUT2D eigenvalue weighted by molar-refractivity contribution is 5.93. The van der Waals surface area contributed by atoms with Gasteiger partial charge in [-0.25, -0.2) is 4.68 Å². The lowest BCUT2D eigenvalue weighted by Gasteiger charge is -2.41. The Morgan fingerprint density at radius 3 is 2.48 bits per heavy atom. The van der Waals surface area contributed by atoms with Crippen molar-refractivity contribution in [3.8, 4) is 0 Å². The molecule has 25 heavy (non-hydrogen) atoms. The van der Waals surface area contributed by atoms with Crippen LogP contribution in [0.5, 0.6) is 0 Å². The van der Waals surface area contributed by atoms with Gasteiger partial charge in [-0.15, -0.1) is 0 Å². The van der Waals surface area contributed by atoms with Crippen LogP contribution in [0.1, 0.15) is 41.7 Å². The zero-order chi connectivity index (χ0) is 17.9. The van der Waals surface area contributed by atoms with Crippen LogP contribution in [0.2, 0.25) is 0 Å². The van der Waals surface area contributed by atoms with Gasteiger partial charge in [0.25, 0.3) is 11.5 Å². The molecule has 130 valence electrons. The summed E-state index contributed by atoms with van der Waals surface area (Å²) in [5.74, 6) is -1.40. The minimum atomic E-state index is -0.943. The number of amides is 1. The number of aliphatic carboxylic acids is 1. The first-order chi connectivity index (χ1) is 12.0. The van der Waals surface area contributed by atoms with Gasteiger partial charge in [0.05, 0.1) is 18.5 Å². The molecule has 7 heteroatoms. The SMILES string of the molecule is O=C(O)CC1(NC(=O)c2ccc(=O)n(Cc3ccccc3)n2)CCC1. The Hall–Kier alpha value is -2.96. The molecule has 3 rings (SSSR count). The van der Waals surface area contributed by atoms with Crippen molar-refractivity contribution in [2.75, 3.05) is 0 Å². The molecule has 1 aromatic carbocycles. The molecule has 0 atom stereocenters. The van der Waals surface area contributed by atoms with Gasteiger partial charge < -0.3 is 10.4 Å². The largest absolute Gasteiger partial charge is 0.481 e. The lowest BCUT2D eigenvalue weighted by Crippen LogP contribution is -2.55. The van der Waals surface area contributed by atoms with Crippen molar-refractivity contribution in [3.63, 3.8) is 0 Å². The molecular weight excluding hydrogens is 322 g/mol. The number of rotatable bonds is 6. The first kappa shape index (κ1) is 16.9. The second kappa shape index (κ2) is 6.88. The Labute approximate surface area is 144 Å². The van der Waals surface area contributed by atoms with Crippen LogP contribution in [0.4, 0.5) is 0 Å². The molecular formula is C18H19N3O4. The lowest BCUT2D eigenvalue weighted by atomic mass is 9.74. The van der Waals surface area contributed by atoms with Crippen molar-refractivity contribution in [2.24, 2.45) is 0 Å². The van der Waals surface area contributed by atoms with E-state index in [4.69, 9.17) is 5.11 Å². The number of aromatic nitrogens is 2. The first-order valence-corrected chi connectivity index (χ1v) is 8.14. The highest BCUT2D eigenvalue weighted by Gasteiger charge is 2.40. The van der Waals surface area contributed by atoms with Gasteiger partial charge >= 0.3 is 5.97 Å². The summed E-state index contributed by atoms with van der Waals surface area (Å²) in [4.78, 5) is 35.5. The van der Waals surface area contributed by atoms with Crippen LogP contribution < -0.4 is 10.9 Å². The molecule has 0 saturated heterocycles. The summed E-state index contributed by atoms with van der Waals surface area (Å²) in [5, 5.41) is 16.0. The van der Waals surface area contributed by atoms with Crippen LogP contribution in [0.15, 0.2) is 47.3 Å². The standard InChI is InChI=1S/C18H19N3O4/c22-15-8-7-14(20-21(15)12-13-5-2-1-3-6-13)17(25)19-18(9-4-10-18)11-16(23)24/h1-3,5-8H,4,9-12H2,(H,19,25)(H,23,24). The number of nitrogens with one attached hydrogen (secondary N) is 1. The van der Waals surface area contributed by atoms with Crippen molar-refractivity contribution >= 4 is 11.9 Å². The Kier molecular flexibility index (Phi) is 4.65. The van der Waals surface area contributed by atoms with Gasteiger partial charge in [0.1, 0.15) is 5.69 Å². The zero-order valence-electron chi connectivity index (χ0n) is 13.6. The quantitative estimate of drug-likeness (QED) is 0.827. The molecule has 0 spiro atoms. The molecule has 1 aliphatic rings. The molecule has 0 radical (unpaired) electrons. The highest BCUT2D eigenvalue weighted by atomic mass is 16.4. The average molecular weight is 341 g/mol. The van der Waals surface area contributed by atoms with Crippen LogP contribution in [0, 0.1) is 0 Å².